The van der Waals surface area contributed by atoms with E-state index in [4.69, 9.17) is 9.47 Å². The first-order chi connectivity index (χ1) is 12.1. The van der Waals surface area contributed by atoms with Gasteiger partial charge in [0, 0.05) is 26.2 Å². The standard InChI is InChI=1S/C18H22N2O4S/c21-25(22,17-6-5-15-3-1-2-4-16(15)11-17)20-8-10-24-18(13-20)12-19-7-9-23-14-18/h1-6,11,19H,7-10,12-14H2/t18-/m1/s1. The quantitative estimate of drug-likeness (QED) is 0.870. The predicted octanol–water partition coefficient (Wildman–Crippen LogP) is 1.22. The van der Waals surface area contributed by atoms with Crippen LogP contribution in [0.3, 0.4) is 0 Å². The number of ether oxygens (including phenoxy) is 2. The molecule has 0 amide bonds. The molecule has 1 spiro atoms. The fourth-order valence-corrected chi connectivity index (χ4v) is 4.99. The molecule has 1 N–H and O–H groups in total. The highest BCUT2D eigenvalue weighted by molar-refractivity contribution is 7.89. The molecular weight excluding hydrogens is 340 g/mol. The number of morpholine rings is 1. The zero-order chi connectivity index (χ0) is 17.3. The maximum atomic E-state index is 13.2. The van der Waals surface area contributed by atoms with E-state index in [2.05, 4.69) is 5.32 Å². The SMILES string of the molecule is O=S(=O)(c1ccc2ccccc2c1)N1CCO[C@]2(CNCCOC2)C1. The first-order valence-corrected chi connectivity index (χ1v) is 9.95. The van der Waals surface area contributed by atoms with E-state index in [1.807, 2.05) is 30.3 Å². The Morgan fingerprint density at radius 1 is 1.08 bits per heavy atom. The van der Waals surface area contributed by atoms with Gasteiger partial charge in [-0.15, -0.1) is 0 Å². The normalized spacial score (nSPS) is 25.9. The van der Waals surface area contributed by atoms with E-state index < -0.39 is 15.6 Å². The van der Waals surface area contributed by atoms with E-state index >= 15 is 0 Å². The Bertz CT molecular complexity index is 860. The third-order valence-electron chi connectivity index (χ3n) is 4.81. The predicted molar refractivity (Wildman–Crippen MR) is 95.1 cm³/mol. The van der Waals surface area contributed by atoms with E-state index in [1.54, 1.807) is 12.1 Å². The van der Waals surface area contributed by atoms with Gasteiger partial charge in [-0.3, -0.25) is 0 Å². The van der Waals surface area contributed by atoms with Gasteiger partial charge in [-0.2, -0.15) is 4.31 Å². The van der Waals surface area contributed by atoms with Crippen LogP contribution in [0.5, 0.6) is 0 Å². The first kappa shape index (κ1) is 16.9. The van der Waals surface area contributed by atoms with Crippen molar-refractivity contribution in [2.75, 3.05) is 46.0 Å². The highest BCUT2D eigenvalue weighted by atomic mass is 32.2. The molecular formula is C18H22N2O4S. The Hall–Kier alpha value is -1.51. The molecule has 2 fully saturated rings. The second-order valence-electron chi connectivity index (χ2n) is 6.61. The molecule has 2 saturated heterocycles. The number of rotatable bonds is 2. The maximum absolute atomic E-state index is 13.2. The third-order valence-corrected chi connectivity index (χ3v) is 6.65. The van der Waals surface area contributed by atoms with Gasteiger partial charge in [0.05, 0.1) is 24.7 Å². The van der Waals surface area contributed by atoms with E-state index in [0.29, 0.717) is 44.4 Å². The molecule has 25 heavy (non-hydrogen) atoms. The summed E-state index contributed by atoms with van der Waals surface area (Å²) in [5.41, 5.74) is -0.612. The van der Waals surface area contributed by atoms with Crippen molar-refractivity contribution in [1.82, 2.24) is 9.62 Å². The first-order valence-electron chi connectivity index (χ1n) is 8.51. The number of benzene rings is 2. The highest BCUT2D eigenvalue weighted by Crippen LogP contribution is 2.27. The van der Waals surface area contributed by atoms with Gasteiger partial charge in [0.1, 0.15) is 5.60 Å². The van der Waals surface area contributed by atoms with Crippen molar-refractivity contribution in [1.29, 1.82) is 0 Å². The lowest BCUT2D eigenvalue weighted by molar-refractivity contribution is -0.118. The zero-order valence-electron chi connectivity index (χ0n) is 14.0. The Morgan fingerprint density at radius 3 is 2.80 bits per heavy atom. The summed E-state index contributed by atoms with van der Waals surface area (Å²) in [7, 11) is -3.57. The third kappa shape index (κ3) is 3.30. The molecule has 7 heteroatoms. The molecule has 0 radical (unpaired) electrons. The van der Waals surface area contributed by atoms with Crippen LogP contribution >= 0.6 is 0 Å². The molecule has 134 valence electrons. The van der Waals surface area contributed by atoms with Crippen molar-refractivity contribution in [3.8, 4) is 0 Å². The summed E-state index contributed by atoms with van der Waals surface area (Å²) in [6.07, 6.45) is 0. The molecule has 0 aromatic heterocycles. The summed E-state index contributed by atoms with van der Waals surface area (Å²) in [6, 6.07) is 13.0. The van der Waals surface area contributed by atoms with Crippen molar-refractivity contribution < 1.29 is 17.9 Å². The summed E-state index contributed by atoms with van der Waals surface area (Å²) in [4.78, 5) is 0.325. The summed E-state index contributed by atoms with van der Waals surface area (Å²) in [6.45, 7) is 3.40. The van der Waals surface area contributed by atoms with E-state index in [-0.39, 0.29) is 0 Å². The largest absolute Gasteiger partial charge is 0.377 e. The Labute approximate surface area is 147 Å². The van der Waals surface area contributed by atoms with E-state index in [0.717, 1.165) is 17.3 Å². The monoisotopic (exact) mass is 362 g/mol. The minimum absolute atomic E-state index is 0.301. The van der Waals surface area contributed by atoms with E-state index in [9.17, 15) is 8.42 Å². The van der Waals surface area contributed by atoms with E-state index in [1.165, 1.54) is 4.31 Å². The lowest BCUT2D eigenvalue weighted by atomic mass is 10.0. The molecule has 0 saturated carbocycles. The molecule has 2 aromatic rings. The Morgan fingerprint density at radius 2 is 1.92 bits per heavy atom. The van der Waals surface area contributed by atoms with Gasteiger partial charge >= 0.3 is 0 Å². The maximum Gasteiger partial charge on any atom is 0.243 e. The van der Waals surface area contributed by atoms with Crippen LogP contribution in [0.4, 0.5) is 0 Å². The molecule has 0 unspecified atom stereocenters. The summed E-state index contributed by atoms with van der Waals surface area (Å²) in [5.74, 6) is 0. The van der Waals surface area contributed by atoms with Crippen molar-refractivity contribution in [2.45, 2.75) is 10.5 Å². The second kappa shape index (κ2) is 6.66. The van der Waals surface area contributed by atoms with Crippen LogP contribution in [0.25, 0.3) is 10.8 Å². The summed E-state index contributed by atoms with van der Waals surface area (Å²) in [5, 5.41) is 5.22. The van der Waals surface area contributed by atoms with Gasteiger partial charge < -0.3 is 14.8 Å². The topological polar surface area (TPSA) is 67.9 Å². The molecule has 0 bridgehead atoms. The molecule has 2 aliphatic heterocycles. The number of hydrogen-bond donors (Lipinski definition) is 1. The Kier molecular flexibility index (Phi) is 4.51. The van der Waals surface area contributed by atoms with Gasteiger partial charge in [0.15, 0.2) is 0 Å². The molecule has 1 atom stereocenters. The average Bonchev–Trinajstić information content (AvgIpc) is 2.86. The van der Waals surface area contributed by atoms with Crippen LogP contribution in [0.1, 0.15) is 0 Å². The van der Waals surface area contributed by atoms with Crippen LogP contribution in [0, 0.1) is 0 Å². The molecule has 4 rings (SSSR count). The van der Waals surface area contributed by atoms with Gasteiger partial charge in [-0.05, 0) is 22.9 Å². The fraction of sp³-hybridized carbons (Fsp3) is 0.444. The smallest absolute Gasteiger partial charge is 0.243 e. The lowest BCUT2D eigenvalue weighted by Crippen LogP contribution is -2.59. The minimum Gasteiger partial charge on any atom is -0.377 e. The number of hydrogen-bond acceptors (Lipinski definition) is 5. The van der Waals surface area contributed by atoms with Crippen molar-refractivity contribution >= 4 is 20.8 Å². The van der Waals surface area contributed by atoms with Gasteiger partial charge in [-0.1, -0.05) is 30.3 Å². The van der Waals surface area contributed by atoms with Crippen LogP contribution in [-0.2, 0) is 19.5 Å². The molecule has 0 aliphatic carbocycles. The number of nitrogens with zero attached hydrogens (tertiary/aromatic N) is 1. The minimum atomic E-state index is -3.57. The highest BCUT2D eigenvalue weighted by Gasteiger charge is 2.42. The number of sulfonamides is 1. The second-order valence-corrected chi connectivity index (χ2v) is 8.55. The molecule has 6 nitrogen and oxygen atoms in total. The van der Waals surface area contributed by atoms with Crippen molar-refractivity contribution in [3.05, 3.63) is 42.5 Å². The van der Waals surface area contributed by atoms with Gasteiger partial charge in [-0.25, -0.2) is 8.42 Å². The van der Waals surface area contributed by atoms with Crippen molar-refractivity contribution in [2.24, 2.45) is 0 Å². The fourth-order valence-electron chi connectivity index (χ4n) is 3.46. The number of nitrogens with one attached hydrogen (secondary N) is 1. The van der Waals surface area contributed by atoms with Gasteiger partial charge in [0.2, 0.25) is 10.0 Å². The molecule has 2 aliphatic rings. The van der Waals surface area contributed by atoms with Crippen LogP contribution in [0.15, 0.2) is 47.4 Å². The van der Waals surface area contributed by atoms with Crippen LogP contribution < -0.4 is 5.32 Å². The van der Waals surface area contributed by atoms with Crippen molar-refractivity contribution in [3.63, 3.8) is 0 Å². The lowest BCUT2D eigenvalue weighted by Gasteiger charge is -2.41. The summed E-state index contributed by atoms with van der Waals surface area (Å²) < 4.78 is 39.4. The van der Waals surface area contributed by atoms with Crippen LogP contribution in [-0.4, -0.2) is 64.3 Å². The molecule has 2 heterocycles. The molecule has 2 aromatic carbocycles. The zero-order valence-corrected chi connectivity index (χ0v) is 14.8. The summed E-state index contributed by atoms with van der Waals surface area (Å²) >= 11 is 0. The number of fused-ring (bicyclic) bond motifs is 1. The average molecular weight is 362 g/mol. The van der Waals surface area contributed by atoms with Gasteiger partial charge in [0.25, 0.3) is 0 Å². The van der Waals surface area contributed by atoms with Crippen LogP contribution in [0.2, 0.25) is 0 Å². The Balaban J connectivity index is 1.64.